The number of nitrogens with zero attached hydrogens (tertiary/aromatic N) is 2. The van der Waals surface area contributed by atoms with Gasteiger partial charge in [-0.3, -0.25) is 14.2 Å². The van der Waals surface area contributed by atoms with Gasteiger partial charge in [0, 0.05) is 18.0 Å². The SMILES string of the molecule is COC(=O)[C@@H](C)Sc1nc2scc(-c3ccc(F)cc3)c2c(=O)n1C. The van der Waals surface area contributed by atoms with E-state index in [4.69, 9.17) is 4.74 Å². The molecule has 5 nitrogen and oxygen atoms in total. The van der Waals surface area contributed by atoms with Crippen LogP contribution >= 0.6 is 23.1 Å². The summed E-state index contributed by atoms with van der Waals surface area (Å²) in [5, 5.41) is 2.30. The average Bonchev–Trinajstić information content (AvgIpc) is 3.03. The quantitative estimate of drug-likeness (QED) is 0.395. The van der Waals surface area contributed by atoms with Crippen LogP contribution in [0.4, 0.5) is 4.39 Å². The van der Waals surface area contributed by atoms with Crippen molar-refractivity contribution in [2.24, 2.45) is 7.05 Å². The van der Waals surface area contributed by atoms with Crippen molar-refractivity contribution in [2.45, 2.75) is 17.3 Å². The van der Waals surface area contributed by atoms with Crippen molar-refractivity contribution in [1.82, 2.24) is 9.55 Å². The molecular formula is C17H15FN2O3S2. The number of ether oxygens (including phenoxy) is 1. The van der Waals surface area contributed by atoms with Crippen molar-refractivity contribution in [3.8, 4) is 11.1 Å². The molecule has 1 atom stereocenters. The Balaban J connectivity index is 2.09. The Bertz CT molecular complexity index is 996. The maximum atomic E-state index is 13.1. The molecule has 1 aromatic carbocycles. The van der Waals surface area contributed by atoms with Crippen molar-refractivity contribution in [3.63, 3.8) is 0 Å². The third-order valence-electron chi connectivity index (χ3n) is 3.74. The molecule has 0 aliphatic rings. The van der Waals surface area contributed by atoms with Crippen LogP contribution in [-0.2, 0) is 16.6 Å². The highest BCUT2D eigenvalue weighted by atomic mass is 32.2. The highest BCUT2D eigenvalue weighted by Crippen LogP contribution is 2.32. The van der Waals surface area contributed by atoms with E-state index in [1.165, 1.54) is 46.9 Å². The van der Waals surface area contributed by atoms with Crippen LogP contribution in [0.25, 0.3) is 21.3 Å². The Hall–Kier alpha value is -2.19. The first-order valence-corrected chi connectivity index (χ1v) is 9.17. The molecule has 3 aromatic rings. The average molecular weight is 378 g/mol. The van der Waals surface area contributed by atoms with Gasteiger partial charge in [-0.05, 0) is 24.6 Å². The molecule has 0 fully saturated rings. The monoisotopic (exact) mass is 378 g/mol. The van der Waals surface area contributed by atoms with Gasteiger partial charge in [0.1, 0.15) is 15.9 Å². The zero-order valence-corrected chi connectivity index (χ0v) is 15.4. The van der Waals surface area contributed by atoms with E-state index in [0.717, 1.165) is 11.1 Å². The third kappa shape index (κ3) is 3.32. The van der Waals surface area contributed by atoms with Crippen LogP contribution in [-0.4, -0.2) is 27.9 Å². The number of thioether (sulfide) groups is 1. The number of carbonyl (C=O) groups excluding carboxylic acids is 1. The van der Waals surface area contributed by atoms with Crippen molar-refractivity contribution >= 4 is 39.3 Å². The molecular weight excluding hydrogens is 363 g/mol. The van der Waals surface area contributed by atoms with Gasteiger partial charge in [0.15, 0.2) is 5.16 Å². The maximum Gasteiger partial charge on any atom is 0.318 e. The predicted molar refractivity (Wildman–Crippen MR) is 97.6 cm³/mol. The molecule has 0 N–H and O–H groups in total. The Morgan fingerprint density at radius 3 is 2.68 bits per heavy atom. The highest BCUT2D eigenvalue weighted by molar-refractivity contribution is 8.00. The zero-order valence-electron chi connectivity index (χ0n) is 13.8. The molecule has 0 saturated heterocycles. The Morgan fingerprint density at radius 1 is 1.36 bits per heavy atom. The smallest absolute Gasteiger partial charge is 0.318 e. The molecule has 2 aromatic heterocycles. The van der Waals surface area contributed by atoms with Crippen LogP contribution in [0.3, 0.4) is 0 Å². The number of aromatic nitrogens is 2. The lowest BCUT2D eigenvalue weighted by molar-refractivity contribution is -0.139. The van der Waals surface area contributed by atoms with Gasteiger partial charge < -0.3 is 4.74 Å². The number of hydrogen-bond acceptors (Lipinski definition) is 6. The molecule has 25 heavy (non-hydrogen) atoms. The fourth-order valence-corrected chi connectivity index (χ4v) is 4.26. The van der Waals surface area contributed by atoms with Gasteiger partial charge in [-0.15, -0.1) is 11.3 Å². The minimum absolute atomic E-state index is 0.204. The molecule has 0 aliphatic heterocycles. The van der Waals surface area contributed by atoms with Crippen LogP contribution in [0.15, 0.2) is 39.6 Å². The Morgan fingerprint density at radius 2 is 2.04 bits per heavy atom. The van der Waals surface area contributed by atoms with E-state index >= 15 is 0 Å². The number of halogens is 1. The first-order valence-electron chi connectivity index (χ1n) is 7.41. The first-order chi connectivity index (χ1) is 11.9. The van der Waals surface area contributed by atoms with Crippen molar-refractivity contribution < 1.29 is 13.9 Å². The van der Waals surface area contributed by atoms with Crippen LogP contribution in [0.2, 0.25) is 0 Å². The minimum atomic E-state index is -0.475. The first kappa shape index (κ1) is 17.6. The topological polar surface area (TPSA) is 61.2 Å². The number of esters is 1. The summed E-state index contributed by atoms with van der Waals surface area (Å²) >= 11 is 2.52. The molecule has 0 spiro atoms. The number of hydrogen-bond donors (Lipinski definition) is 0. The molecule has 0 bridgehead atoms. The second-order valence-corrected chi connectivity index (χ2v) is 7.54. The summed E-state index contributed by atoms with van der Waals surface area (Å²) in [5.41, 5.74) is 1.28. The molecule has 0 radical (unpaired) electrons. The Labute approximate surface area is 151 Å². The second-order valence-electron chi connectivity index (χ2n) is 5.38. The van der Waals surface area contributed by atoms with Gasteiger partial charge in [0.25, 0.3) is 5.56 Å². The predicted octanol–water partition coefficient (Wildman–Crippen LogP) is 3.45. The van der Waals surface area contributed by atoms with E-state index in [0.29, 0.717) is 15.4 Å². The standard InChI is InChI=1S/C17H15FN2O3S2/c1-9(16(22)23-3)25-17-19-14-13(15(21)20(17)2)12(8-24-14)10-4-6-11(18)7-5-10/h4-9H,1-3H3/t9-/m1/s1. The minimum Gasteiger partial charge on any atom is -0.468 e. The van der Waals surface area contributed by atoms with E-state index < -0.39 is 5.25 Å². The fraction of sp³-hybridized carbons (Fsp3) is 0.235. The molecule has 2 heterocycles. The van der Waals surface area contributed by atoms with E-state index in [1.807, 2.05) is 5.38 Å². The highest BCUT2D eigenvalue weighted by Gasteiger charge is 2.20. The van der Waals surface area contributed by atoms with Crippen molar-refractivity contribution in [3.05, 3.63) is 45.8 Å². The van der Waals surface area contributed by atoms with Gasteiger partial charge in [-0.25, -0.2) is 9.37 Å². The summed E-state index contributed by atoms with van der Waals surface area (Å²) in [4.78, 5) is 29.5. The fourth-order valence-electron chi connectivity index (χ4n) is 2.37. The summed E-state index contributed by atoms with van der Waals surface area (Å²) in [6.45, 7) is 1.70. The summed E-state index contributed by atoms with van der Waals surface area (Å²) in [7, 11) is 2.94. The summed E-state index contributed by atoms with van der Waals surface area (Å²) in [5.74, 6) is -0.706. The molecule has 130 valence electrons. The van der Waals surface area contributed by atoms with E-state index in [1.54, 1.807) is 26.1 Å². The van der Waals surface area contributed by atoms with Crippen molar-refractivity contribution in [1.29, 1.82) is 0 Å². The van der Waals surface area contributed by atoms with Crippen LogP contribution < -0.4 is 5.56 Å². The van der Waals surface area contributed by atoms with Gasteiger partial charge in [0.2, 0.25) is 0 Å². The van der Waals surface area contributed by atoms with Crippen LogP contribution in [0, 0.1) is 5.82 Å². The van der Waals surface area contributed by atoms with Crippen LogP contribution in [0.5, 0.6) is 0 Å². The molecule has 0 aliphatic carbocycles. The van der Waals surface area contributed by atoms with E-state index in [9.17, 15) is 14.0 Å². The van der Waals surface area contributed by atoms with Crippen LogP contribution in [0.1, 0.15) is 6.92 Å². The molecule has 0 saturated carbocycles. The lowest BCUT2D eigenvalue weighted by Crippen LogP contribution is -2.22. The summed E-state index contributed by atoms with van der Waals surface area (Å²) in [6.07, 6.45) is 0. The summed E-state index contributed by atoms with van der Waals surface area (Å²) < 4.78 is 19.3. The molecule has 8 heteroatoms. The third-order valence-corrected chi connectivity index (χ3v) is 5.74. The zero-order chi connectivity index (χ0) is 18.1. The number of methoxy groups -OCH3 is 1. The van der Waals surface area contributed by atoms with Gasteiger partial charge in [-0.1, -0.05) is 23.9 Å². The molecule has 3 rings (SSSR count). The van der Waals surface area contributed by atoms with E-state index in [-0.39, 0.29) is 17.3 Å². The number of fused-ring (bicyclic) bond motifs is 1. The largest absolute Gasteiger partial charge is 0.468 e. The number of thiophene rings is 1. The normalized spacial score (nSPS) is 12.3. The summed E-state index contributed by atoms with van der Waals surface area (Å²) in [6, 6.07) is 5.99. The molecule has 0 unspecified atom stereocenters. The van der Waals surface area contributed by atoms with Gasteiger partial charge in [-0.2, -0.15) is 0 Å². The Kier molecular flexibility index (Phi) is 4.91. The van der Waals surface area contributed by atoms with Gasteiger partial charge >= 0.3 is 5.97 Å². The number of benzene rings is 1. The number of carbonyl (C=O) groups is 1. The van der Waals surface area contributed by atoms with E-state index in [2.05, 4.69) is 4.98 Å². The molecule has 0 amide bonds. The lowest BCUT2D eigenvalue weighted by atomic mass is 10.1. The second kappa shape index (κ2) is 6.97. The number of rotatable bonds is 4. The maximum absolute atomic E-state index is 13.1. The lowest BCUT2D eigenvalue weighted by Gasteiger charge is -2.11. The van der Waals surface area contributed by atoms with Crippen molar-refractivity contribution in [2.75, 3.05) is 7.11 Å². The van der Waals surface area contributed by atoms with Gasteiger partial charge in [0.05, 0.1) is 12.5 Å².